The molecule has 1 saturated heterocycles. The number of nitro benzene ring substituents is 1. The number of benzene rings is 1. The van der Waals surface area contributed by atoms with Crippen molar-refractivity contribution < 1.29 is 18.6 Å². The summed E-state index contributed by atoms with van der Waals surface area (Å²) in [6.45, 7) is 8.97. The third kappa shape index (κ3) is 2.31. The molecule has 0 N–H and O–H groups in total. The molecule has 0 radical (unpaired) electrons. The van der Waals surface area contributed by atoms with Crippen molar-refractivity contribution in [3.05, 3.63) is 33.6 Å². The highest BCUT2D eigenvalue weighted by Gasteiger charge is 2.53. The Labute approximate surface area is 117 Å². The van der Waals surface area contributed by atoms with Crippen LogP contribution in [0.15, 0.2) is 12.1 Å². The van der Waals surface area contributed by atoms with E-state index in [1.807, 2.05) is 27.7 Å². The number of halogens is 1. The van der Waals surface area contributed by atoms with E-state index in [9.17, 15) is 14.5 Å². The Bertz CT molecular complexity index is 558. The molecule has 0 atom stereocenters. The average Bonchev–Trinajstić information content (AvgIpc) is 2.51. The lowest BCUT2D eigenvalue weighted by molar-refractivity contribution is -0.383. The van der Waals surface area contributed by atoms with Crippen LogP contribution in [0.2, 0.25) is 0 Å². The van der Waals surface area contributed by atoms with Gasteiger partial charge in [-0.2, -0.15) is 0 Å². The van der Waals surface area contributed by atoms with Crippen LogP contribution >= 0.6 is 0 Å². The average molecular weight is 281 g/mol. The Morgan fingerprint density at radius 3 is 2.15 bits per heavy atom. The van der Waals surface area contributed by atoms with Crippen LogP contribution in [0, 0.1) is 22.9 Å². The molecule has 1 aromatic rings. The van der Waals surface area contributed by atoms with E-state index in [0.717, 1.165) is 6.07 Å². The summed E-state index contributed by atoms with van der Waals surface area (Å²) in [6.07, 6.45) is 0. The van der Waals surface area contributed by atoms with Gasteiger partial charge in [-0.05, 0) is 46.2 Å². The number of hydrogen-bond acceptors (Lipinski definition) is 4. The van der Waals surface area contributed by atoms with E-state index in [-0.39, 0.29) is 11.2 Å². The van der Waals surface area contributed by atoms with Gasteiger partial charge >= 0.3 is 7.12 Å². The minimum Gasteiger partial charge on any atom is -0.399 e. The van der Waals surface area contributed by atoms with Crippen LogP contribution in [0.1, 0.15) is 33.3 Å². The van der Waals surface area contributed by atoms with Crippen molar-refractivity contribution in [1.29, 1.82) is 0 Å². The highest BCUT2D eigenvalue weighted by atomic mass is 19.1. The van der Waals surface area contributed by atoms with E-state index in [1.54, 1.807) is 6.92 Å². The SMILES string of the molecule is Cc1cc(B2OC(C)(C)C(C)(C)O2)c([N+](=O)[O-])cc1F. The van der Waals surface area contributed by atoms with E-state index >= 15 is 0 Å². The fourth-order valence-corrected chi connectivity index (χ4v) is 2.01. The Morgan fingerprint density at radius 2 is 1.70 bits per heavy atom. The van der Waals surface area contributed by atoms with Gasteiger partial charge in [0.25, 0.3) is 5.69 Å². The highest BCUT2D eigenvalue weighted by Crippen LogP contribution is 2.37. The molecule has 7 heteroatoms. The lowest BCUT2D eigenvalue weighted by atomic mass is 9.77. The summed E-state index contributed by atoms with van der Waals surface area (Å²) in [6, 6.07) is 2.32. The van der Waals surface area contributed by atoms with Crippen molar-refractivity contribution in [2.45, 2.75) is 45.8 Å². The van der Waals surface area contributed by atoms with Crippen LogP contribution in [0.25, 0.3) is 0 Å². The van der Waals surface area contributed by atoms with Crippen molar-refractivity contribution in [3.63, 3.8) is 0 Å². The van der Waals surface area contributed by atoms with Crippen LogP contribution in [0.4, 0.5) is 10.1 Å². The van der Waals surface area contributed by atoms with E-state index < -0.39 is 29.1 Å². The quantitative estimate of drug-likeness (QED) is 0.474. The minimum absolute atomic E-state index is 0.243. The van der Waals surface area contributed by atoms with Gasteiger partial charge in [0.2, 0.25) is 0 Å². The maximum atomic E-state index is 13.5. The van der Waals surface area contributed by atoms with Crippen LogP contribution in [0.5, 0.6) is 0 Å². The minimum atomic E-state index is -0.875. The molecule has 0 bridgehead atoms. The molecule has 0 aromatic heterocycles. The van der Waals surface area contributed by atoms with Gasteiger partial charge in [-0.3, -0.25) is 10.1 Å². The van der Waals surface area contributed by atoms with Crippen LogP contribution < -0.4 is 5.46 Å². The van der Waals surface area contributed by atoms with Gasteiger partial charge in [0, 0.05) is 0 Å². The van der Waals surface area contributed by atoms with Gasteiger partial charge in [0.1, 0.15) is 5.82 Å². The summed E-state index contributed by atoms with van der Waals surface area (Å²) >= 11 is 0. The predicted molar refractivity (Wildman–Crippen MR) is 73.5 cm³/mol. The summed E-state index contributed by atoms with van der Waals surface area (Å²) in [7, 11) is -0.875. The summed E-state index contributed by atoms with van der Waals surface area (Å²) in [4.78, 5) is 10.5. The second kappa shape index (κ2) is 4.53. The number of rotatable bonds is 2. The normalized spacial score (nSPS) is 20.2. The molecular formula is C13H17BFNO4. The lowest BCUT2D eigenvalue weighted by Crippen LogP contribution is -2.41. The fraction of sp³-hybridized carbons (Fsp3) is 0.538. The van der Waals surface area contributed by atoms with Gasteiger partial charge in [0.15, 0.2) is 0 Å². The first-order chi connectivity index (χ1) is 9.05. The summed E-state index contributed by atoms with van der Waals surface area (Å²) < 4.78 is 25.1. The topological polar surface area (TPSA) is 61.6 Å². The summed E-state index contributed by atoms with van der Waals surface area (Å²) in [5.41, 5.74) is -0.971. The predicted octanol–water partition coefficient (Wildman–Crippen LogP) is 2.34. The molecule has 2 rings (SSSR count). The zero-order chi connectivity index (χ0) is 15.3. The molecule has 5 nitrogen and oxygen atoms in total. The summed E-state index contributed by atoms with van der Waals surface area (Å²) in [5.74, 6) is -0.614. The van der Waals surface area contributed by atoms with Crippen molar-refractivity contribution in [2.24, 2.45) is 0 Å². The molecule has 0 unspecified atom stereocenters. The van der Waals surface area contributed by atoms with E-state index in [0.29, 0.717) is 5.56 Å². The van der Waals surface area contributed by atoms with Gasteiger partial charge in [-0.15, -0.1) is 0 Å². The maximum absolute atomic E-state index is 13.5. The van der Waals surface area contributed by atoms with Crippen LogP contribution in [0.3, 0.4) is 0 Å². The Kier molecular flexibility index (Phi) is 3.38. The third-order valence-electron chi connectivity index (χ3n) is 4.01. The zero-order valence-corrected chi connectivity index (χ0v) is 12.2. The monoisotopic (exact) mass is 281 g/mol. The third-order valence-corrected chi connectivity index (χ3v) is 4.01. The molecule has 1 aromatic carbocycles. The largest absolute Gasteiger partial charge is 0.501 e. The van der Waals surface area contributed by atoms with Gasteiger partial charge in [0.05, 0.1) is 27.7 Å². The maximum Gasteiger partial charge on any atom is 0.501 e. The Morgan fingerprint density at radius 1 is 1.20 bits per heavy atom. The van der Waals surface area contributed by atoms with E-state index in [2.05, 4.69) is 0 Å². The van der Waals surface area contributed by atoms with Crippen molar-refractivity contribution >= 4 is 18.3 Å². The van der Waals surface area contributed by atoms with Crippen molar-refractivity contribution in [1.82, 2.24) is 0 Å². The number of hydrogen-bond donors (Lipinski definition) is 0. The van der Waals surface area contributed by atoms with Crippen molar-refractivity contribution in [2.75, 3.05) is 0 Å². The van der Waals surface area contributed by atoms with Crippen LogP contribution in [-0.2, 0) is 9.31 Å². The number of aryl methyl sites for hydroxylation is 1. The van der Waals surface area contributed by atoms with E-state index in [4.69, 9.17) is 9.31 Å². The first kappa shape index (κ1) is 14.9. The fourth-order valence-electron chi connectivity index (χ4n) is 2.01. The van der Waals surface area contributed by atoms with Crippen molar-refractivity contribution in [3.8, 4) is 0 Å². The number of nitro groups is 1. The highest BCUT2D eigenvalue weighted by molar-refractivity contribution is 6.63. The number of nitrogens with zero attached hydrogens (tertiary/aromatic N) is 1. The first-order valence-electron chi connectivity index (χ1n) is 6.35. The molecule has 0 spiro atoms. The second-order valence-electron chi connectivity index (χ2n) is 6.01. The van der Waals surface area contributed by atoms with Gasteiger partial charge in [-0.25, -0.2) is 4.39 Å². The molecule has 1 heterocycles. The second-order valence-corrected chi connectivity index (χ2v) is 6.01. The molecular weight excluding hydrogens is 264 g/mol. The van der Waals surface area contributed by atoms with Gasteiger partial charge in [-0.1, -0.05) is 0 Å². The first-order valence-corrected chi connectivity index (χ1v) is 6.35. The smallest absolute Gasteiger partial charge is 0.399 e. The standard InChI is InChI=1S/C13H17BFNO4/c1-8-6-9(11(16(17)18)7-10(8)15)14-19-12(2,3)13(4,5)20-14/h6-7H,1-5H3. The molecule has 1 aliphatic rings. The molecule has 1 fully saturated rings. The molecule has 0 amide bonds. The van der Waals surface area contributed by atoms with Gasteiger partial charge < -0.3 is 9.31 Å². The molecule has 108 valence electrons. The lowest BCUT2D eigenvalue weighted by Gasteiger charge is -2.32. The Balaban J connectivity index is 2.49. The van der Waals surface area contributed by atoms with E-state index in [1.165, 1.54) is 6.07 Å². The molecule has 0 aliphatic carbocycles. The zero-order valence-electron chi connectivity index (χ0n) is 12.2. The molecule has 0 saturated carbocycles. The molecule has 1 aliphatic heterocycles. The summed E-state index contributed by atoms with van der Waals surface area (Å²) in [5, 5.41) is 11.1. The van der Waals surface area contributed by atoms with Crippen LogP contribution in [-0.4, -0.2) is 23.2 Å². The molecule has 20 heavy (non-hydrogen) atoms. The Hall–Kier alpha value is -1.47.